The van der Waals surface area contributed by atoms with Crippen molar-refractivity contribution in [3.8, 4) is 0 Å². The minimum Gasteiger partial charge on any atom is -0.475 e. The van der Waals surface area contributed by atoms with E-state index in [0.29, 0.717) is 0 Å². The predicted molar refractivity (Wildman–Crippen MR) is 37.3 cm³/mol. The molecule has 0 aliphatic carbocycles. The average Bonchev–Trinajstić information content (AvgIpc) is 2.52. The van der Waals surface area contributed by atoms with E-state index in [-0.39, 0.29) is 0 Å². The molecule has 1 heterocycles. The van der Waals surface area contributed by atoms with E-state index in [1.54, 1.807) is 5.10 Å². The Hall–Kier alpha value is -1.74. The maximum Gasteiger partial charge on any atom is 0.490 e. The van der Waals surface area contributed by atoms with Gasteiger partial charge in [0, 0.05) is 6.20 Å². The molecule has 0 saturated carbocycles. The van der Waals surface area contributed by atoms with Crippen molar-refractivity contribution in [2.75, 3.05) is 0 Å². The van der Waals surface area contributed by atoms with E-state index in [4.69, 9.17) is 9.90 Å². The van der Waals surface area contributed by atoms with E-state index in [1.165, 1.54) is 0 Å². The normalized spacial score (nSPS) is 11.6. The van der Waals surface area contributed by atoms with Gasteiger partial charge in [-0.05, 0) is 6.07 Å². The van der Waals surface area contributed by atoms with Crippen LogP contribution in [0.25, 0.3) is 0 Å². The second-order valence-corrected chi connectivity index (χ2v) is 2.27. The Balaban J connectivity index is 0.000000293. The highest BCUT2D eigenvalue weighted by Gasteiger charge is 2.38. The first-order chi connectivity index (χ1) is 7.05. The number of alkyl halides is 6. The number of H-pyrrole nitrogens is 1. The lowest BCUT2D eigenvalue weighted by Gasteiger charge is -1.99. The lowest BCUT2D eigenvalue weighted by atomic mass is 10.4. The van der Waals surface area contributed by atoms with Gasteiger partial charge in [-0.2, -0.15) is 31.4 Å². The molecular weight excluding hydrogens is 246 g/mol. The van der Waals surface area contributed by atoms with Crippen LogP contribution in [0.3, 0.4) is 0 Å². The van der Waals surface area contributed by atoms with Crippen molar-refractivity contribution in [2.45, 2.75) is 12.4 Å². The molecule has 0 bridgehead atoms. The molecule has 1 aromatic rings. The molecule has 10 heteroatoms. The van der Waals surface area contributed by atoms with Crippen molar-refractivity contribution in [3.05, 3.63) is 18.0 Å². The number of aromatic amines is 1. The summed E-state index contributed by atoms with van der Waals surface area (Å²) >= 11 is 0. The molecule has 0 fully saturated rings. The molecule has 0 aromatic carbocycles. The van der Waals surface area contributed by atoms with Gasteiger partial charge in [0.1, 0.15) is 5.69 Å². The van der Waals surface area contributed by atoms with Gasteiger partial charge in [0.25, 0.3) is 0 Å². The number of carbonyl (C=O) groups is 1. The number of aromatic nitrogens is 2. The zero-order valence-corrected chi connectivity index (χ0v) is 7.23. The number of nitrogens with zero attached hydrogens (tertiary/aromatic N) is 1. The largest absolute Gasteiger partial charge is 0.490 e. The van der Waals surface area contributed by atoms with Crippen molar-refractivity contribution >= 4 is 5.97 Å². The van der Waals surface area contributed by atoms with Gasteiger partial charge in [-0.15, -0.1) is 0 Å². The lowest BCUT2D eigenvalue weighted by molar-refractivity contribution is -0.192. The number of carboxylic acids is 1. The number of halogens is 6. The zero-order valence-electron chi connectivity index (χ0n) is 7.23. The zero-order chi connectivity index (χ0) is 13.0. The minimum absolute atomic E-state index is 0.817. The molecule has 92 valence electrons. The van der Waals surface area contributed by atoms with Crippen LogP contribution >= 0.6 is 0 Å². The molecule has 0 atom stereocenters. The summed E-state index contributed by atoms with van der Waals surface area (Å²) in [5.41, 5.74) is -0.817. The molecule has 0 aliphatic rings. The highest BCUT2D eigenvalue weighted by atomic mass is 19.4. The maximum atomic E-state index is 11.5. The van der Waals surface area contributed by atoms with Crippen LogP contribution in [0.4, 0.5) is 26.3 Å². The summed E-state index contributed by atoms with van der Waals surface area (Å²) in [6, 6.07) is 0.875. The van der Waals surface area contributed by atoms with Crippen molar-refractivity contribution in [2.24, 2.45) is 0 Å². The summed E-state index contributed by atoms with van der Waals surface area (Å²) in [6.45, 7) is 0. The second kappa shape index (κ2) is 4.86. The Labute approximate surface area is 83.9 Å². The van der Waals surface area contributed by atoms with Gasteiger partial charge < -0.3 is 5.11 Å². The summed E-state index contributed by atoms with van der Waals surface area (Å²) in [5.74, 6) is -2.76. The molecule has 0 aliphatic heterocycles. The van der Waals surface area contributed by atoms with Gasteiger partial charge in [-0.25, -0.2) is 4.79 Å². The van der Waals surface area contributed by atoms with Crippen molar-refractivity contribution in [1.29, 1.82) is 0 Å². The number of hydrogen-bond donors (Lipinski definition) is 2. The van der Waals surface area contributed by atoms with Gasteiger partial charge in [0.15, 0.2) is 0 Å². The Morgan fingerprint density at radius 3 is 1.81 bits per heavy atom. The number of carboxylic acid groups (broad SMARTS) is 1. The third kappa shape index (κ3) is 5.22. The number of rotatable bonds is 0. The summed E-state index contributed by atoms with van der Waals surface area (Å²) < 4.78 is 66.4. The molecule has 1 rings (SSSR count). The fraction of sp³-hybridized carbons (Fsp3) is 0.333. The molecule has 4 nitrogen and oxygen atoms in total. The van der Waals surface area contributed by atoms with Gasteiger partial charge in [0.2, 0.25) is 0 Å². The molecule has 0 saturated heterocycles. The van der Waals surface area contributed by atoms with Crippen LogP contribution in [0.5, 0.6) is 0 Å². The van der Waals surface area contributed by atoms with Gasteiger partial charge in [-0.3, -0.25) is 5.10 Å². The third-order valence-electron chi connectivity index (χ3n) is 1.05. The van der Waals surface area contributed by atoms with E-state index in [9.17, 15) is 26.3 Å². The number of hydrogen-bond acceptors (Lipinski definition) is 2. The number of nitrogens with one attached hydrogen (secondary N) is 1. The van der Waals surface area contributed by atoms with Crippen molar-refractivity contribution in [3.63, 3.8) is 0 Å². The van der Waals surface area contributed by atoms with Crippen LogP contribution in [0, 0.1) is 0 Å². The highest BCUT2D eigenvalue weighted by molar-refractivity contribution is 5.73. The molecule has 1 aromatic heterocycles. The minimum atomic E-state index is -5.08. The fourth-order valence-electron chi connectivity index (χ4n) is 0.414. The van der Waals surface area contributed by atoms with Crippen LogP contribution in [0.15, 0.2) is 12.3 Å². The topological polar surface area (TPSA) is 66.0 Å². The molecule has 0 unspecified atom stereocenters. The monoisotopic (exact) mass is 250 g/mol. The maximum absolute atomic E-state index is 11.5. The van der Waals surface area contributed by atoms with E-state index in [2.05, 4.69) is 5.10 Å². The van der Waals surface area contributed by atoms with E-state index in [0.717, 1.165) is 12.3 Å². The van der Waals surface area contributed by atoms with Crippen molar-refractivity contribution < 1.29 is 36.2 Å². The first-order valence-corrected chi connectivity index (χ1v) is 3.42. The summed E-state index contributed by atoms with van der Waals surface area (Å²) in [4.78, 5) is 8.90. The average molecular weight is 250 g/mol. The fourth-order valence-corrected chi connectivity index (χ4v) is 0.414. The summed E-state index contributed by atoms with van der Waals surface area (Å²) in [7, 11) is 0. The Morgan fingerprint density at radius 2 is 1.69 bits per heavy atom. The molecule has 0 amide bonds. The van der Waals surface area contributed by atoms with Crippen molar-refractivity contribution in [1.82, 2.24) is 10.2 Å². The smallest absolute Gasteiger partial charge is 0.475 e. The van der Waals surface area contributed by atoms with Crippen LogP contribution in [0.2, 0.25) is 0 Å². The molecule has 0 spiro atoms. The van der Waals surface area contributed by atoms with Gasteiger partial charge >= 0.3 is 18.3 Å². The summed E-state index contributed by atoms with van der Waals surface area (Å²) in [5, 5.41) is 12.1. The lowest BCUT2D eigenvalue weighted by Crippen LogP contribution is -2.21. The van der Waals surface area contributed by atoms with E-state index in [1.807, 2.05) is 0 Å². The van der Waals surface area contributed by atoms with Crippen LogP contribution in [-0.2, 0) is 11.0 Å². The van der Waals surface area contributed by atoms with Crippen LogP contribution in [0.1, 0.15) is 5.69 Å². The predicted octanol–water partition coefficient (Wildman–Crippen LogP) is 2.06. The molecular formula is C6H4F6N2O2. The molecule has 2 N–H and O–H groups in total. The van der Waals surface area contributed by atoms with Gasteiger partial charge in [0.05, 0.1) is 0 Å². The number of aliphatic carboxylic acids is 1. The third-order valence-corrected chi connectivity index (χ3v) is 1.05. The van der Waals surface area contributed by atoms with E-state index >= 15 is 0 Å². The Bertz CT molecular complexity index is 328. The van der Waals surface area contributed by atoms with Gasteiger partial charge in [-0.1, -0.05) is 0 Å². The second-order valence-electron chi connectivity index (χ2n) is 2.27. The Kier molecular flexibility index (Phi) is 4.33. The quantitative estimate of drug-likeness (QED) is 0.692. The standard InChI is InChI=1S/C4H3F3N2.C2HF3O2/c5-4(6,7)3-1-2-8-9-3;3-2(4,5)1(6)7/h1-2H,(H,8,9);(H,6,7). The first kappa shape index (κ1) is 14.3. The Morgan fingerprint density at radius 1 is 1.25 bits per heavy atom. The molecule has 16 heavy (non-hydrogen) atoms. The highest BCUT2D eigenvalue weighted by Crippen LogP contribution is 2.26. The van der Waals surface area contributed by atoms with Crippen LogP contribution < -0.4 is 0 Å². The first-order valence-electron chi connectivity index (χ1n) is 3.42. The summed E-state index contributed by atoms with van der Waals surface area (Å²) in [6.07, 6.45) is -8.32. The van der Waals surface area contributed by atoms with Crippen LogP contribution in [-0.4, -0.2) is 27.4 Å². The molecule has 0 radical (unpaired) electrons. The van der Waals surface area contributed by atoms with E-state index < -0.39 is 24.0 Å². The SMILES string of the molecule is FC(F)(F)c1ccn[nH]1.O=C(O)C(F)(F)F.